The van der Waals surface area contributed by atoms with E-state index in [2.05, 4.69) is 29.1 Å². The topological polar surface area (TPSA) is 67.0 Å². The van der Waals surface area contributed by atoms with Gasteiger partial charge in [-0.2, -0.15) is 0 Å². The number of ether oxygens (including phenoxy) is 1. The number of para-hydroxylation sites is 2. The van der Waals surface area contributed by atoms with Crippen molar-refractivity contribution in [1.82, 2.24) is 15.3 Å². The summed E-state index contributed by atoms with van der Waals surface area (Å²) in [5.41, 5.74) is 2.93. The molecule has 1 heterocycles. The molecule has 2 atom stereocenters. The van der Waals surface area contributed by atoms with Crippen molar-refractivity contribution < 1.29 is 9.53 Å². The number of carbonyl (C=O) groups excluding carboxylic acids is 1. The number of H-pyrrole nitrogens is 1. The Bertz CT molecular complexity index is 840. The van der Waals surface area contributed by atoms with E-state index in [1.54, 1.807) is 6.92 Å². The van der Waals surface area contributed by atoms with Crippen LogP contribution < -0.4 is 5.32 Å². The lowest BCUT2D eigenvalue weighted by atomic mass is 10.0. The van der Waals surface area contributed by atoms with Crippen LogP contribution in [0.15, 0.2) is 54.6 Å². The summed E-state index contributed by atoms with van der Waals surface area (Å²) in [5, 5.41) is 3.10. The molecule has 2 N–H and O–H groups in total. The number of aromatic nitrogens is 2. The van der Waals surface area contributed by atoms with E-state index in [-0.39, 0.29) is 11.9 Å². The number of carbonyl (C=O) groups is 1. The van der Waals surface area contributed by atoms with Crippen molar-refractivity contribution in [2.75, 3.05) is 0 Å². The Morgan fingerprint density at radius 1 is 1.07 bits per heavy atom. The van der Waals surface area contributed by atoms with Crippen molar-refractivity contribution in [2.24, 2.45) is 5.92 Å². The number of nitrogens with zero attached hydrogens (tertiary/aromatic N) is 1. The molecule has 142 valence electrons. The molecular formula is C22H27N3O2. The number of rotatable bonds is 8. The fraction of sp³-hybridized carbons (Fsp3) is 0.364. The molecule has 0 saturated heterocycles. The largest absolute Gasteiger partial charge is 0.364 e. The lowest BCUT2D eigenvalue weighted by Crippen LogP contribution is -2.38. The third-order valence-corrected chi connectivity index (χ3v) is 4.47. The number of amides is 1. The molecule has 2 aromatic carbocycles. The third-order valence-electron chi connectivity index (χ3n) is 4.47. The first-order valence-corrected chi connectivity index (χ1v) is 9.43. The maximum atomic E-state index is 12.7. The van der Waals surface area contributed by atoms with Crippen molar-refractivity contribution in [3.05, 3.63) is 66.0 Å². The van der Waals surface area contributed by atoms with E-state index in [0.717, 1.165) is 28.8 Å². The van der Waals surface area contributed by atoms with Crippen molar-refractivity contribution >= 4 is 16.9 Å². The predicted molar refractivity (Wildman–Crippen MR) is 107 cm³/mol. The molecule has 0 aliphatic carbocycles. The molecule has 0 radical (unpaired) electrons. The maximum absolute atomic E-state index is 12.7. The van der Waals surface area contributed by atoms with Crippen LogP contribution in [0.4, 0.5) is 0 Å². The summed E-state index contributed by atoms with van der Waals surface area (Å²) < 4.78 is 5.75. The molecule has 0 bridgehead atoms. The Morgan fingerprint density at radius 2 is 1.78 bits per heavy atom. The van der Waals surface area contributed by atoms with E-state index in [1.807, 2.05) is 54.6 Å². The highest BCUT2D eigenvalue weighted by molar-refractivity contribution is 5.81. The Balaban J connectivity index is 1.67. The van der Waals surface area contributed by atoms with Gasteiger partial charge in [-0.05, 0) is 37.0 Å². The molecule has 0 fully saturated rings. The van der Waals surface area contributed by atoms with E-state index in [0.29, 0.717) is 12.5 Å². The summed E-state index contributed by atoms with van der Waals surface area (Å²) in [5.74, 6) is 1.08. The van der Waals surface area contributed by atoms with Gasteiger partial charge in [0.1, 0.15) is 11.9 Å². The summed E-state index contributed by atoms with van der Waals surface area (Å²) in [7, 11) is 0. The normalized spacial score (nSPS) is 13.6. The van der Waals surface area contributed by atoms with Crippen LogP contribution in [0.3, 0.4) is 0 Å². The van der Waals surface area contributed by atoms with Crippen LogP contribution in [0, 0.1) is 5.92 Å². The van der Waals surface area contributed by atoms with Gasteiger partial charge in [0.25, 0.3) is 0 Å². The highest BCUT2D eigenvalue weighted by Gasteiger charge is 2.23. The Kier molecular flexibility index (Phi) is 6.24. The van der Waals surface area contributed by atoms with Crippen LogP contribution in [-0.4, -0.2) is 22.0 Å². The van der Waals surface area contributed by atoms with Gasteiger partial charge in [0.2, 0.25) is 5.91 Å². The summed E-state index contributed by atoms with van der Waals surface area (Å²) in [6, 6.07) is 17.6. The van der Waals surface area contributed by atoms with E-state index < -0.39 is 6.10 Å². The molecule has 0 aliphatic rings. The molecule has 0 unspecified atom stereocenters. The van der Waals surface area contributed by atoms with Gasteiger partial charge >= 0.3 is 0 Å². The van der Waals surface area contributed by atoms with Gasteiger partial charge in [0.05, 0.1) is 23.7 Å². The number of hydrogen-bond acceptors (Lipinski definition) is 3. The van der Waals surface area contributed by atoms with Crippen molar-refractivity contribution in [3.8, 4) is 0 Å². The first kappa shape index (κ1) is 19.1. The quantitative estimate of drug-likeness (QED) is 0.623. The number of benzene rings is 2. The first-order valence-electron chi connectivity index (χ1n) is 9.43. The standard InChI is InChI=1S/C22H27N3O2/c1-15(2)13-20(21-23-18-11-7-8-12-19(18)24-21)25-22(26)16(3)27-14-17-9-5-4-6-10-17/h4-12,15-16,20H,13-14H2,1-3H3,(H,23,24)(H,25,26)/t16-,20-/m1/s1. The van der Waals surface area contributed by atoms with Gasteiger partial charge < -0.3 is 15.0 Å². The van der Waals surface area contributed by atoms with Crippen LogP contribution in [0.2, 0.25) is 0 Å². The minimum absolute atomic E-state index is 0.128. The zero-order valence-electron chi connectivity index (χ0n) is 16.1. The molecule has 5 nitrogen and oxygen atoms in total. The molecule has 1 amide bonds. The minimum Gasteiger partial charge on any atom is -0.364 e. The van der Waals surface area contributed by atoms with E-state index >= 15 is 0 Å². The van der Waals surface area contributed by atoms with E-state index in [4.69, 9.17) is 4.74 Å². The Hall–Kier alpha value is -2.66. The smallest absolute Gasteiger partial charge is 0.249 e. The second kappa shape index (κ2) is 8.82. The highest BCUT2D eigenvalue weighted by atomic mass is 16.5. The van der Waals surface area contributed by atoms with E-state index in [9.17, 15) is 4.79 Å². The average Bonchev–Trinajstić information content (AvgIpc) is 3.10. The number of aromatic amines is 1. The monoisotopic (exact) mass is 365 g/mol. The number of imidazole rings is 1. The molecule has 3 rings (SSSR count). The summed E-state index contributed by atoms with van der Waals surface area (Å²) in [4.78, 5) is 20.7. The molecule has 27 heavy (non-hydrogen) atoms. The number of nitrogens with one attached hydrogen (secondary N) is 2. The minimum atomic E-state index is -0.538. The highest BCUT2D eigenvalue weighted by Crippen LogP contribution is 2.22. The van der Waals surface area contributed by atoms with Crippen molar-refractivity contribution in [3.63, 3.8) is 0 Å². The lowest BCUT2D eigenvalue weighted by molar-refractivity contribution is -0.133. The van der Waals surface area contributed by atoms with Gasteiger partial charge in [-0.1, -0.05) is 56.3 Å². The molecular weight excluding hydrogens is 338 g/mol. The zero-order valence-corrected chi connectivity index (χ0v) is 16.1. The lowest BCUT2D eigenvalue weighted by Gasteiger charge is -2.21. The van der Waals surface area contributed by atoms with Crippen LogP contribution in [0.25, 0.3) is 11.0 Å². The maximum Gasteiger partial charge on any atom is 0.249 e. The van der Waals surface area contributed by atoms with Gasteiger partial charge in [0.15, 0.2) is 0 Å². The third kappa shape index (κ3) is 5.17. The molecule has 3 aromatic rings. The van der Waals surface area contributed by atoms with Gasteiger partial charge in [-0.25, -0.2) is 4.98 Å². The zero-order chi connectivity index (χ0) is 19.2. The summed E-state index contributed by atoms with van der Waals surface area (Å²) >= 11 is 0. The van der Waals surface area contributed by atoms with Gasteiger partial charge in [-0.3, -0.25) is 4.79 Å². The summed E-state index contributed by atoms with van der Waals surface area (Å²) in [6.45, 7) is 6.46. The number of fused-ring (bicyclic) bond motifs is 1. The molecule has 0 saturated carbocycles. The van der Waals surface area contributed by atoms with Crippen LogP contribution >= 0.6 is 0 Å². The first-order chi connectivity index (χ1) is 13.0. The molecule has 0 spiro atoms. The van der Waals surface area contributed by atoms with Crippen molar-refractivity contribution in [1.29, 1.82) is 0 Å². The average molecular weight is 365 g/mol. The molecule has 5 heteroatoms. The number of hydrogen-bond donors (Lipinski definition) is 2. The van der Waals surface area contributed by atoms with Gasteiger partial charge in [-0.15, -0.1) is 0 Å². The Morgan fingerprint density at radius 3 is 2.48 bits per heavy atom. The SMILES string of the molecule is CC(C)C[C@@H](NC(=O)[C@@H](C)OCc1ccccc1)c1nc2ccccc2[nH]1. The molecule has 1 aromatic heterocycles. The second-order valence-electron chi connectivity index (χ2n) is 7.27. The van der Waals surface area contributed by atoms with Crippen LogP contribution in [0.5, 0.6) is 0 Å². The van der Waals surface area contributed by atoms with Crippen molar-refractivity contribution in [2.45, 2.75) is 45.9 Å². The predicted octanol–water partition coefficient (Wildman–Crippen LogP) is 4.37. The van der Waals surface area contributed by atoms with Crippen LogP contribution in [-0.2, 0) is 16.1 Å². The fourth-order valence-electron chi connectivity index (χ4n) is 3.01. The Labute approximate surface area is 160 Å². The fourth-order valence-corrected chi connectivity index (χ4v) is 3.01. The summed E-state index contributed by atoms with van der Waals surface area (Å²) in [6.07, 6.45) is 0.265. The second-order valence-corrected chi connectivity index (χ2v) is 7.27. The van der Waals surface area contributed by atoms with E-state index in [1.165, 1.54) is 0 Å². The van der Waals surface area contributed by atoms with Crippen LogP contribution in [0.1, 0.15) is 44.6 Å². The molecule has 0 aliphatic heterocycles. The van der Waals surface area contributed by atoms with Gasteiger partial charge in [0, 0.05) is 0 Å².